The lowest BCUT2D eigenvalue weighted by atomic mass is 10.1. The Labute approximate surface area is 204 Å². The zero-order chi connectivity index (χ0) is 21.7. The third-order valence-electron chi connectivity index (χ3n) is 5.13. The molecule has 162 valence electrons. The van der Waals surface area contributed by atoms with Crippen LogP contribution >= 0.6 is 54.5 Å². The molecule has 0 unspecified atom stereocenters. The lowest BCUT2D eigenvalue weighted by Crippen LogP contribution is -1.83. The molecule has 6 heteroatoms. The Hall–Kier alpha value is -0.820. The number of benzene rings is 1. The first-order chi connectivity index (χ1) is 14.4. The molecular formula is C24H28Br2O2S2. The quantitative estimate of drug-likeness (QED) is 0.238. The van der Waals surface area contributed by atoms with Crippen LogP contribution in [0.3, 0.4) is 0 Å². The van der Waals surface area contributed by atoms with Crippen molar-refractivity contribution >= 4 is 54.5 Å². The van der Waals surface area contributed by atoms with Crippen LogP contribution in [0.4, 0.5) is 0 Å². The van der Waals surface area contributed by atoms with Crippen molar-refractivity contribution in [2.75, 3.05) is 0 Å². The van der Waals surface area contributed by atoms with Crippen molar-refractivity contribution in [3.63, 3.8) is 0 Å². The molecule has 0 aliphatic heterocycles. The molecule has 2 heterocycles. The Kier molecular flexibility index (Phi) is 8.87. The summed E-state index contributed by atoms with van der Waals surface area (Å²) in [7, 11) is 0. The number of rotatable bonds is 10. The largest absolute Gasteiger partial charge is 0.506 e. The summed E-state index contributed by atoms with van der Waals surface area (Å²) < 4.78 is 1.83. The fraction of sp³-hybridized carbons (Fsp3) is 0.417. The Morgan fingerprint density at radius 2 is 1.07 bits per heavy atom. The molecule has 1 aromatic carbocycles. The maximum absolute atomic E-state index is 10.5. The molecule has 30 heavy (non-hydrogen) atoms. The van der Waals surface area contributed by atoms with Crippen LogP contribution < -0.4 is 0 Å². The normalized spacial score (nSPS) is 11.3. The zero-order valence-electron chi connectivity index (χ0n) is 17.4. The van der Waals surface area contributed by atoms with Crippen LogP contribution in [0.15, 0.2) is 33.2 Å². The highest BCUT2D eigenvalue weighted by Crippen LogP contribution is 2.47. The van der Waals surface area contributed by atoms with Gasteiger partial charge in [-0.15, -0.1) is 22.7 Å². The Bertz CT molecular complexity index is 912. The zero-order valence-corrected chi connectivity index (χ0v) is 22.2. The number of halogens is 2. The van der Waals surface area contributed by atoms with Crippen molar-refractivity contribution in [3.05, 3.63) is 43.0 Å². The van der Waals surface area contributed by atoms with E-state index in [1.165, 1.54) is 35.4 Å². The molecule has 0 saturated heterocycles. The molecule has 2 nitrogen and oxygen atoms in total. The van der Waals surface area contributed by atoms with Gasteiger partial charge < -0.3 is 10.2 Å². The summed E-state index contributed by atoms with van der Waals surface area (Å²) in [6.45, 7) is 4.40. The second-order valence-corrected chi connectivity index (χ2v) is 11.6. The van der Waals surface area contributed by atoms with E-state index in [0.29, 0.717) is 11.5 Å². The predicted molar refractivity (Wildman–Crippen MR) is 138 cm³/mol. The van der Waals surface area contributed by atoms with Gasteiger partial charge in [-0.05, 0) is 49.9 Å². The van der Waals surface area contributed by atoms with Gasteiger partial charge in [0.2, 0.25) is 0 Å². The maximum Gasteiger partial charge on any atom is 0.134 e. The van der Waals surface area contributed by atoms with Crippen molar-refractivity contribution in [1.82, 2.24) is 0 Å². The van der Waals surface area contributed by atoms with E-state index in [2.05, 4.69) is 45.7 Å². The molecule has 0 bridgehead atoms. The Morgan fingerprint density at radius 1 is 0.667 bits per heavy atom. The standard InChI is InChI=1S/C24H28Br2O2S2/c1-3-5-7-9-15-11-21(27)23(29-15)17-13-20(26)18(14-19(17)25)24-22(28)12-16(30-24)10-8-6-4-2/h11-14,27-28H,3-10H2,1-2H3. The summed E-state index contributed by atoms with van der Waals surface area (Å²) in [6, 6.07) is 7.88. The fourth-order valence-electron chi connectivity index (χ4n) is 3.49. The van der Waals surface area contributed by atoms with Gasteiger partial charge in [0, 0.05) is 29.8 Å². The molecule has 2 aromatic heterocycles. The second-order valence-electron chi connectivity index (χ2n) is 7.58. The molecule has 0 fully saturated rings. The van der Waals surface area contributed by atoms with Gasteiger partial charge in [0.1, 0.15) is 11.5 Å². The molecule has 0 saturated carbocycles. The van der Waals surface area contributed by atoms with Gasteiger partial charge in [0.25, 0.3) is 0 Å². The van der Waals surface area contributed by atoms with E-state index >= 15 is 0 Å². The van der Waals surface area contributed by atoms with Crippen LogP contribution in [0.2, 0.25) is 0 Å². The van der Waals surface area contributed by atoms with Gasteiger partial charge in [-0.3, -0.25) is 0 Å². The Balaban J connectivity index is 1.88. The van der Waals surface area contributed by atoms with Crippen LogP contribution in [0.5, 0.6) is 11.5 Å². The van der Waals surface area contributed by atoms with E-state index in [-0.39, 0.29) is 0 Å². The summed E-state index contributed by atoms with van der Waals surface area (Å²) in [5.74, 6) is 0.674. The smallest absolute Gasteiger partial charge is 0.134 e. The second kappa shape index (κ2) is 11.2. The average molecular weight is 572 g/mol. The lowest BCUT2D eigenvalue weighted by Gasteiger charge is -2.09. The highest BCUT2D eigenvalue weighted by molar-refractivity contribution is 9.11. The van der Waals surface area contributed by atoms with Crippen molar-refractivity contribution in [2.24, 2.45) is 0 Å². The number of hydrogen-bond acceptors (Lipinski definition) is 4. The number of hydrogen-bond donors (Lipinski definition) is 2. The van der Waals surface area contributed by atoms with Crippen LogP contribution in [0.25, 0.3) is 20.9 Å². The molecule has 0 radical (unpaired) electrons. The van der Waals surface area contributed by atoms with Crippen molar-refractivity contribution in [3.8, 4) is 32.4 Å². The van der Waals surface area contributed by atoms with Crippen LogP contribution in [-0.4, -0.2) is 10.2 Å². The van der Waals surface area contributed by atoms with E-state index in [1.807, 2.05) is 24.3 Å². The van der Waals surface area contributed by atoms with Crippen LogP contribution in [-0.2, 0) is 12.8 Å². The number of aryl methyl sites for hydroxylation is 2. The van der Waals surface area contributed by atoms with Gasteiger partial charge in [-0.25, -0.2) is 0 Å². The molecule has 0 amide bonds. The third-order valence-corrected chi connectivity index (χ3v) is 8.87. The van der Waals surface area contributed by atoms with E-state index in [4.69, 9.17) is 0 Å². The molecule has 3 aromatic rings. The van der Waals surface area contributed by atoms with Gasteiger partial charge in [-0.2, -0.15) is 0 Å². The highest BCUT2D eigenvalue weighted by atomic mass is 79.9. The molecule has 0 aliphatic carbocycles. The van der Waals surface area contributed by atoms with Gasteiger partial charge in [-0.1, -0.05) is 71.4 Å². The summed E-state index contributed by atoms with van der Waals surface area (Å²) in [5.41, 5.74) is 1.93. The highest BCUT2D eigenvalue weighted by Gasteiger charge is 2.19. The first-order valence-electron chi connectivity index (χ1n) is 10.6. The monoisotopic (exact) mass is 570 g/mol. The predicted octanol–water partition coefficient (Wildman–Crippen LogP) is 9.55. The van der Waals surface area contributed by atoms with Gasteiger partial charge in [0.15, 0.2) is 0 Å². The molecule has 0 spiro atoms. The third kappa shape index (κ3) is 5.70. The number of thiophene rings is 2. The number of unbranched alkanes of at least 4 members (excludes halogenated alkanes) is 4. The Morgan fingerprint density at radius 3 is 1.43 bits per heavy atom. The topological polar surface area (TPSA) is 40.5 Å². The lowest BCUT2D eigenvalue weighted by molar-refractivity contribution is 0.478. The molecule has 0 aliphatic rings. The van der Waals surface area contributed by atoms with Crippen LogP contribution in [0.1, 0.15) is 62.1 Å². The SMILES string of the molecule is CCCCCc1cc(O)c(-c2cc(Br)c(-c3sc(CCCCC)cc3O)cc2Br)s1. The first kappa shape index (κ1) is 23.8. The minimum Gasteiger partial charge on any atom is -0.506 e. The molecule has 2 N–H and O–H groups in total. The van der Waals surface area contributed by atoms with Crippen molar-refractivity contribution < 1.29 is 10.2 Å². The van der Waals surface area contributed by atoms with E-state index in [0.717, 1.165) is 55.5 Å². The van der Waals surface area contributed by atoms with Gasteiger partial charge >= 0.3 is 0 Å². The molecule has 0 atom stereocenters. The summed E-state index contributed by atoms with van der Waals surface area (Å²) in [4.78, 5) is 4.21. The summed E-state index contributed by atoms with van der Waals surface area (Å²) in [6.07, 6.45) is 9.13. The van der Waals surface area contributed by atoms with E-state index in [1.54, 1.807) is 22.7 Å². The van der Waals surface area contributed by atoms with E-state index in [9.17, 15) is 10.2 Å². The van der Waals surface area contributed by atoms with Gasteiger partial charge in [0.05, 0.1) is 9.75 Å². The first-order valence-corrected chi connectivity index (χ1v) is 13.8. The number of aromatic hydroxyl groups is 2. The molecular weight excluding hydrogens is 544 g/mol. The average Bonchev–Trinajstić information content (AvgIpc) is 3.26. The fourth-order valence-corrected chi connectivity index (χ4v) is 7.08. The molecule has 3 rings (SSSR count). The maximum atomic E-state index is 10.5. The van der Waals surface area contributed by atoms with Crippen molar-refractivity contribution in [1.29, 1.82) is 0 Å². The summed E-state index contributed by atoms with van der Waals surface area (Å²) in [5, 5.41) is 21.1. The van der Waals surface area contributed by atoms with E-state index < -0.39 is 0 Å². The summed E-state index contributed by atoms with van der Waals surface area (Å²) >= 11 is 10.7. The van der Waals surface area contributed by atoms with Crippen molar-refractivity contribution in [2.45, 2.75) is 65.2 Å². The minimum atomic E-state index is 0.337. The van der Waals surface area contributed by atoms with Crippen LogP contribution in [0, 0.1) is 0 Å². The minimum absolute atomic E-state index is 0.337.